The molecule has 0 atom stereocenters. The molecule has 0 fully saturated rings. The van der Waals surface area contributed by atoms with Crippen LogP contribution in [-0.2, 0) is 21.4 Å². The molecule has 0 bridgehead atoms. The highest BCUT2D eigenvalue weighted by Gasteiger charge is 2.29. The lowest BCUT2D eigenvalue weighted by molar-refractivity contribution is -0.119. The van der Waals surface area contributed by atoms with Crippen LogP contribution < -0.4 is 19.1 Å². The van der Waals surface area contributed by atoms with Crippen molar-refractivity contribution in [3.8, 4) is 11.5 Å². The van der Waals surface area contributed by atoms with Crippen LogP contribution in [0.1, 0.15) is 16.7 Å². The minimum atomic E-state index is -4.03. The van der Waals surface area contributed by atoms with Gasteiger partial charge < -0.3 is 14.8 Å². The highest BCUT2D eigenvalue weighted by Crippen LogP contribution is 2.35. The molecule has 0 radical (unpaired) electrons. The number of nitrogens with zero attached hydrogens (tertiary/aromatic N) is 1. The molecule has 1 amide bonds. The van der Waals surface area contributed by atoms with E-state index in [9.17, 15) is 13.2 Å². The van der Waals surface area contributed by atoms with E-state index >= 15 is 0 Å². The number of anilines is 1. The van der Waals surface area contributed by atoms with Crippen LogP contribution in [0.2, 0.25) is 0 Å². The Morgan fingerprint density at radius 1 is 0.909 bits per heavy atom. The maximum atomic E-state index is 13.6. The third-order valence-corrected chi connectivity index (χ3v) is 6.98. The zero-order valence-electron chi connectivity index (χ0n) is 19.2. The molecule has 7 nitrogen and oxygen atoms in total. The van der Waals surface area contributed by atoms with E-state index < -0.39 is 22.5 Å². The van der Waals surface area contributed by atoms with Crippen molar-refractivity contribution in [3.05, 3.63) is 83.4 Å². The molecule has 0 aromatic heterocycles. The van der Waals surface area contributed by atoms with E-state index in [1.165, 1.54) is 19.2 Å². The van der Waals surface area contributed by atoms with Gasteiger partial charge in [-0.25, -0.2) is 8.42 Å². The average Bonchev–Trinajstić information content (AvgIpc) is 2.81. The first-order valence-corrected chi connectivity index (χ1v) is 11.8. The van der Waals surface area contributed by atoms with E-state index in [0.717, 1.165) is 21.0 Å². The Bertz CT molecular complexity index is 1210. The Balaban J connectivity index is 1.91. The number of hydrogen-bond acceptors (Lipinski definition) is 5. The van der Waals surface area contributed by atoms with Gasteiger partial charge in [0, 0.05) is 6.54 Å². The van der Waals surface area contributed by atoms with Crippen molar-refractivity contribution < 1.29 is 22.7 Å². The summed E-state index contributed by atoms with van der Waals surface area (Å²) < 4.78 is 38.9. The van der Waals surface area contributed by atoms with Crippen LogP contribution in [0.5, 0.6) is 11.5 Å². The van der Waals surface area contributed by atoms with Gasteiger partial charge in [-0.2, -0.15) is 0 Å². The number of carbonyl (C=O) groups excluding carboxylic acids is 1. The summed E-state index contributed by atoms with van der Waals surface area (Å²) in [6, 6.07) is 19.0. The second-order valence-corrected chi connectivity index (χ2v) is 9.44. The topological polar surface area (TPSA) is 84.9 Å². The van der Waals surface area contributed by atoms with Gasteiger partial charge >= 0.3 is 0 Å². The molecule has 0 heterocycles. The summed E-state index contributed by atoms with van der Waals surface area (Å²) in [6.45, 7) is 3.56. The summed E-state index contributed by atoms with van der Waals surface area (Å²) >= 11 is 0. The summed E-state index contributed by atoms with van der Waals surface area (Å²) in [5.41, 5.74) is 2.87. The average molecular weight is 469 g/mol. The fraction of sp³-hybridized carbons (Fsp3) is 0.240. The van der Waals surface area contributed by atoms with Crippen LogP contribution in [0.15, 0.2) is 71.6 Å². The Hall–Kier alpha value is -3.52. The lowest BCUT2D eigenvalue weighted by atomic mass is 10.2. The summed E-state index contributed by atoms with van der Waals surface area (Å²) in [4.78, 5) is 13.0. The van der Waals surface area contributed by atoms with Crippen molar-refractivity contribution in [3.63, 3.8) is 0 Å². The maximum Gasteiger partial charge on any atom is 0.264 e. The molecule has 0 aliphatic carbocycles. The van der Waals surface area contributed by atoms with E-state index in [0.29, 0.717) is 17.2 Å². The van der Waals surface area contributed by atoms with Crippen molar-refractivity contribution >= 4 is 21.6 Å². The largest absolute Gasteiger partial charge is 0.497 e. The quantitative estimate of drug-likeness (QED) is 0.516. The Labute approximate surface area is 195 Å². The number of aryl methyl sites for hydroxylation is 2. The molecule has 3 aromatic rings. The summed E-state index contributed by atoms with van der Waals surface area (Å²) in [7, 11) is -0.970. The van der Waals surface area contributed by atoms with Gasteiger partial charge in [0.05, 0.1) is 24.8 Å². The number of rotatable bonds is 9. The third kappa shape index (κ3) is 5.64. The van der Waals surface area contributed by atoms with E-state index in [1.807, 2.05) is 32.0 Å². The van der Waals surface area contributed by atoms with Gasteiger partial charge in [-0.05, 0) is 55.3 Å². The highest BCUT2D eigenvalue weighted by atomic mass is 32.2. The molecule has 3 rings (SSSR count). The summed E-state index contributed by atoms with van der Waals surface area (Å²) in [5, 5.41) is 2.79. The van der Waals surface area contributed by atoms with Crippen molar-refractivity contribution in [1.29, 1.82) is 0 Å². The number of hydrogen-bond donors (Lipinski definition) is 1. The fourth-order valence-electron chi connectivity index (χ4n) is 3.37. The van der Waals surface area contributed by atoms with Crippen LogP contribution in [-0.4, -0.2) is 35.1 Å². The molecule has 1 N–H and O–H groups in total. The minimum absolute atomic E-state index is 0.0969. The number of ether oxygens (including phenoxy) is 2. The lowest BCUT2D eigenvalue weighted by Gasteiger charge is -2.26. The number of para-hydroxylation sites is 1. The molecule has 8 heteroatoms. The number of benzene rings is 3. The molecule has 174 valence electrons. The number of amides is 1. The first-order chi connectivity index (χ1) is 15.8. The molecule has 33 heavy (non-hydrogen) atoms. The zero-order chi connectivity index (χ0) is 24.0. The smallest absolute Gasteiger partial charge is 0.264 e. The first-order valence-electron chi connectivity index (χ1n) is 10.4. The molecule has 0 spiro atoms. The molecular weight excluding hydrogens is 440 g/mol. The summed E-state index contributed by atoms with van der Waals surface area (Å²) in [6.07, 6.45) is 0. The molecule has 3 aromatic carbocycles. The second-order valence-electron chi connectivity index (χ2n) is 7.58. The number of sulfonamides is 1. The number of carbonyl (C=O) groups is 1. The Kier molecular flexibility index (Phi) is 7.60. The molecule has 0 saturated carbocycles. The van der Waals surface area contributed by atoms with Gasteiger partial charge in [-0.1, -0.05) is 42.0 Å². The Morgan fingerprint density at radius 3 is 2.18 bits per heavy atom. The SMILES string of the molecule is COc1ccc(CNC(=O)CN(c2cccc(C)c2OC)S(=O)(=O)c2ccc(C)cc2)cc1. The molecule has 0 saturated heterocycles. The number of nitrogens with one attached hydrogen (secondary N) is 1. The van der Waals surface area contributed by atoms with Crippen LogP contribution in [0.4, 0.5) is 5.69 Å². The zero-order valence-corrected chi connectivity index (χ0v) is 20.0. The molecule has 0 unspecified atom stereocenters. The fourth-order valence-corrected chi connectivity index (χ4v) is 4.79. The second kappa shape index (κ2) is 10.4. The van der Waals surface area contributed by atoms with E-state index in [4.69, 9.17) is 9.47 Å². The van der Waals surface area contributed by atoms with Crippen LogP contribution in [0, 0.1) is 13.8 Å². The predicted octanol–water partition coefficient (Wildman–Crippen LogP) is 3.83. The lowest BCUT2D eigenvalue weighted by Crippen LogP contribution is -2.41. The maximum absolute atomic E-state index is 13.6. The normalized spacial score (nSPS) is 11.0. The van der Waals surface area contributed by atoms with Crippen molar-refractivity contribution in [2.24, 2.45) is 0 Å². The first kappa shape index (κ1) is 24.1. The van der Waals surface area contributed by atoms with Gasteiger partial charge in [0.25, 0.3) is 10.0 Å². The van der Waals surface area contributed by atoms with Crippen molar-refractivity contribution in [1.82, 2.24) is 5.32 Å². The van der Waals surface area contributed by atoms with E-state index in [2.05, 4.69) is 5.32 Å². The third-order valence-electron chi connectivity index (χ3n) is 5.21. The standard InChI is InChI=1S/C25H28N2O5S/c1-18-8-14-22(15-9-18)33(29,30)27(23-7-5-6-19(2)25(23)32-4)17-24(28)26-16-20-10-12-21(31-3)13-11-20/h5-15H,16-17H2,1-4H3,(H,26,28). The predicted molar refractivity (Wildman–Crippen MR) is 128 cm³/mol. The molecule has 0 aliphatic rings. The number of methoxy groups -OCH3 is 2. The van der Waals surface area contributed by atoms with Crippen LogP contribution in [0.3, 0.4) is 0 Å². The van der Waals surface area contributed by atoms with Crippen molar-refractivity contribution in [2.75, 3.05) is 25.1 Å². The monoisotopic (exact) mass is 468 g/mol. The van der Waals surface area contributed by atoms with Gasteiger partial charge in [0.1, 0.15) is 18.0 Å². The van der Waals surface area contributed by atoms with Crippen LogP contribution in [0.25, 0.3) is 0 Å². The van der Waals surface area contributed by atoms with E-state index in [-0.39, 0.29) is 11.4 Å². The van der Waals surface area contributed by atoms with Gasteiger partial charge in [0.2, 0.25) is 5.91 Å². The van der Waals surface area contributed by atoms with Gasteiger partial charge in [-0.3, -0.25) is 9.10 Å². The molecule has 0 aliphatic heterocycles. The van der Waals surface area contributed by atoms with Gasteiger partial charge in [-0.15, -0.1) is 0 Å². The van der Waals surface area contributed by atoms with E-state index in [1.54, 1.807) is 43.5 Å². The van der Waals surface area contributed by atoms with Crippen molar-refractivity contribution in [2.45, 2.75) is 25.3 Å². The molecular formula is C25H28N2O5S. The highest BCUT2D eigenvalue weighted by molar-refractivity contribution is 7.92. The Morgan fingerprint density at radius 2 is 1.58 bits per heavy atom. The van der Waals surface area contributed by atoms with Crippen LogP contribution >= 0.6 is 0 Å². The van der Waals surface area contributed by atoms with Gasteiger partial charge in [0.15, 0.2) is 0 Å². The minimum Gasteiger partial charge on any atom is -0.497 e. The summed E-state index contributed by atoms with van der Waals surface area (Å²) in [5.74, 6) is 0.674.